The van der Waals surface area contributed by atoms with Crippen LogP contribution in [-0.4, -0.2) is 23.8 Å². The molecule has 1 rings (SSSR count). The summed E-state index contributed by atoms with van der Waals surface area (Å²) in [5.41, 5.74) is 6.71. The van der Waals surface area contributed by atoms with Gasteiger partial charge < -0.3 is 15.7 Å². The Morgan fingerprint density at radius 3 is 2.63 bits per heavy atom. The molecule has 106 valence electrons. The first-order valence-electron chi connectivity index (χ1n) is 5.61. The van der Waals surface area contributed by atoms with E-state index >= 15 is 0 Å². The molecule has 0 aliphatic rings. The third-order valence-corrected chi connectivity index (χ3v) is 2.45. The second kappa shape index (κ2) is 6.31. The van der Waals surface area contributed by atoms with Crippen LogP contribution in [0.15, 0.2) is 23.4 Å². The molecule has 0 spiro atoms. The molecule has 3 N–H and O–H groups in total. The number of aryl methyl sites for hydroxylation is 1. The summed E-state index contributed by atoms with van der Waals surface area (Å²) in [6, 6.07) is 4.78. The fourth-order valence-corrected chi connectivity index (χ4v) is 1.53. The van der Waals surface area contributed by atoms with Crippen LogP contribution < -0.4 is 10.5 Å². The van der Waals surface area contributed by atoms with E-state index in [1.807, 2.05) is 0 Å². The van der Waals surface area contributed by atoms with Crippen molar-refractivity contribution in [1.82, 2.24) is 0 Å². The molecular formula is C12H15F3N2O2. The number of amidine groups is 1. The van der Waals surface area contributed by atoms with Crippen LogP contribution in [0.1, 0.15) is 24.0 Å². The first-order chi connectivity index (χ1) is 8.83. The standard InChI is InChI=1S/C12H15F3N2O2/c1-8-7-9(3-4-10(8)11(16)17-18)19-6-2-5-12(13,14)15/h3-4,7,18H,2,5-6H2,1H3,(H2,16,17). The maximum Gasteiger partial charge on any atom is 0.389 e. The van der Waals surface area contributed by atoms with E-state index in [4.69, 9.17) is 15.7 Å². The molecule has 0 radical (unpaired) electrons. The zero-order valence-corrected chi connectivity index (χ0v) is 10.4. The average molecular weight is 276 g/mol. The van der Waals surface area contributed by atoms with Gasteiger partial charge in [-0.3, -0.25) is 0 Å². The molecule has 7 heteroatoms. The molecule has 0 aliphatic heterocycles. The molecule has 0 saturated heterocycles. The number of nitrogens with zero attached hydrogens (tertiary/aromatic N) is 1. The highest BCUT2D eigenvalue weighted by molar-refractivity contribution is 5.98. The number of ether oxygens (including phenoxy) is 1. The van der Waals surface area contributed by atoms with E-state index in [0.29, 0.717) is 16.9 Å². The number of nitrogens with two attached hydrogens (primary N) is 1. The normalized spacial score (nSPS) is 12.5. The molecular weight excluding hydrogens is 261 g/mol. The van der Waals surface area contributed by atoms with Gasteiger partial charge in [0.2, 0.25) is 0 Å². The summed E-state index contributed by atoms with van der Waals surface area (Å²) in [7, 11) is 0. The highest BCUT2D eigenvalue weighted by atomic mass is 19.4. The number of hydrogen-bond acceptors (Lipinski definition) is 3. The smallest absolute Gasteiger partial charge is 0.389 e. The minimum Gasteiger partial charge on any atom is -0.494 e. The van der Waals surface area contributed by atoms with Crippen molar-refractivity contribution >= 4 is 5.84 Å². The van der Waals surface area contributed by atoms with Gasteiger partial charge in [0.05, 0.1) is 6.61 Å². The molecule has 0 heterocycles. The molecule has 0 bridgehead atoms. The first kappa shape index (κ1) is 15.1. The zero-order chi connectivity index (χ0) is 14.5. The van der Waals surface area contributed by atoms with E-state index in [0.717, 1.165) is 0 Å². The van der Waals surface area contributed by atoms with Crippen molar-refractivity contribution in [3.05, 3.63) is 29.3 Å². The van der Waals surface area contributed by atoms with Gasteiger partial charge in [0.1, 0.15) is 5.75 Å². The zero-order valence-electron chi connectivity index (χ0n) is 10.4. The number of halogens is 3. The topological polar surface area (TPSA) is 67.8 Å². The van der Waals surface area contributed by atoms with Crippen LogP contribution in [0.25, 0.3) is 0 Å². The Bertz CT molecular complexity index is 459. The van der Waals surface area contributed by atoms with E-state index in [2.05, 4.69) is 5.16 Å². The molecule has 0 saturated carbocycles. The molecule has 1 aromatic carbocycles. The molecule has 0 aromatic heterocycles. The maximum atomic E-state index is 11.9. The largest absolute Gasteiger partial charge is 0.494 e. The minimum absolute atomic E-state index is 0.0120. The van der Waals surface area contributed by atoms with E-state index in [1.54, 1.807) is 25.1 Å². The summed E-state index contributed by atoms with van der Waals surface area (Å²) >= 11 is 0. The van der Waals surface area contributed by atoms with Gasteiger partial charge in [-0.05, 0) is 37.1 Å². The van der Waals surface area contributed by atoms with Crippen LogP contribution >= 0.6 is 0 Å². The number of hydrogen-bond donors (Lipinski definition) is 2. The quantitative estimate of drug-likeness (QED) is 0.286. The van der Waals surface area contributed by atoms with Crippen molar-refractivity contribution in [1.29, 1.82) is 0 Å². The number of oxime groups is 1. The number of benzene rings is 1. The van der Waals surface area contributed by atoms with Gasteiger partial charge in [0.25, 0.3) is 0 Å². The molecule has 0 amide bonds. The Balaban J connectivity index is 2.55. The minimum atomic E-state index is -4.16. The van der Waals surface area contributed by atoms with Gasteiger partial charge in [-0.15, -0.1) is 0 Å². The Labute approximate surface area is 108 Å². The van der Waals surface area contributed by atoms with E-state index in [1.165, 1.54) is 0 Å². The van der Waals surface area contributed by atoms with Crippen molar-refractivity contribution in [3.63, 3.8) is 0 Å². The van der Waals surface area contributed by atoms with Crippen LogP contribution in [-0.2, 0) is 0 Å². The summed E-state index contributed by atoms with van der Waals surface area (Å²) < 4.78 is 41.0. The Kier molecular flexibility index (Phi) is 5.02. The lowest BCUT2D eigenvalue weighted by molar-refractivity contribution is -0.136. The van der Waals surface area contributed by atoms with Gasteiger partial charge >= 0.3 is 6.18 Å². The van der Waals surface area contributed by atoms with E-state index in [9.17, 15) is 13.2 Å². The van der Waals surface area contributed by atoms with Crippen LogP contribution in [0.5, 0.6) is 5.75 Å². The van der Waals surface area contributed by atoms with Crippen LogP contribution in [0, 0.1) is 6.92 Å². The molecule has 0 unspecified atom stereocenters. The second-order valence-corrected chi connectivity index (χ2v) is 4.03. The molecule has 0 atom stereocenters. The predicted octanol–water partition coefficient (Wildman–Crippen LogP) is 2.81. The van der Waals surface area contributed by atoms with Crippen molar-refractivity contribution in [2.75, 3.05) is 6.61 Å². The molecule has 0 fully saturated rings. The predicted molar refractivity (Wildman–Crippen MR) is 64.5 cm³/mol. The highest BCUT2D eigenvalue weighted by Crippen LogP contribution is 2.22. The second-order valence-electron chi connectivity index (χ2n) is 4.03. The number of rotatable bonds is 5. The summed E-state index contributed by atoms with van der Waals surface area (Å²) in [5.74, 6) is 0.426. The van der Waals surface area contributed by atoms with Crippen molar-refractivity contribution in [2.45, 2.75) is 25.9 Å². The van der Waals surface area contributed by atoms with Crippen LogP contribution in [0.3, 0.4) is 0 Å². The monoisotopic (exact) mass is 276 g/mol. The fourth-order valence-electron chi connectivity index (χ4n) is 1.53. The van der Waals surface area contributed by atoms with Gasteiger partial charge in [-0.25, -0.2) is 0 Å². The maximum absolute atomic E-state index is 11.9. The first-order valence-corrected chi connectivity index (χ1v) is 5.61. The molecule has 1 aromatic rings. The average Bonchev–Trinajstić information content (AvgIpc) is 2.33. The Morgan fingerprint density at radius 2 is 2.11 bits per heavy atom. The molecule has 4 nitrogen and oxygen atoms in total. The summed E-state index contributed by atoms with van der Waals surface area (Å²) in [6.45, 7) is 1.72. The molecule has 19 heavy (non-hydrogen) atoms. The van der Waals surface area contributed by atoms with Crippen molar-refractivity contribution in [2.24, 2.45) is 10.9 Å². The van der Waals surface area contributed by atoms with Crippen molar-refractivity contribution < 1.29 is 23.1 Å². The van der Waals surface area contributed by atoms with Crippen molar-refractivity contribution in [3.8, 4) is 5.75 Å². The lowest BCUT2D eigenvalue weighted by atomic mass is 10.1. The van der Waals surface area contributed by atoms with E-state index in [-0.39, 0.29) is 18.9 Å². The summed E-state index contributed by atoms with van der Waals surface area (Å²) in [5, 5.41) is 11.4. The molecule has 0 aliphatic carbocycles. The summed E-state index contributed by atoms with van der Waals surface area (Å²) in [6.07, 6.45) is -5.12. The Hall–Kier alpha value is -1.92. The highest BCUT2D eigenvalue weighted by Gasteiger charge is 2.26. The third kappa shape index (κ3) is 5.07. The van der Waals surface area contributed by atoms with E-state index < -0.39 is 12.6 Å². The van der Waals surface area contributed by atoms with Gasteiger partial charge in [0.15, 0.2) is 5.84 Å². The summed E-state index contributed by atoms with van der Waals surface area (Å²) in [4.78, 5) is 0. The number of alkyl halides is 3. The fraction of sp³-hybridized carbons (Fsp3) is 0.417. The van der Waals surface area contributed by atoms with Gasteiger partial charge in [-0.1, -0.05) is 5.16 Å². The third-order valence-electron chi connectivity index (χ3n) is 2.45. The SMILES string of the molecule is Cc1cc(OCCCC(F)(F)F)ccc1/C(N)=N/O. The lowest BCUT2D eigenvalue weighted by Crippen LogP contribution is -2.14. The van der Waals surface area contributed by atoms with Gasteiger partial charge in [-0.2, -0.15) is 13.2 Å². The van der Waals surface area contributed by atoms with Gasteiger partial charge in [0, 0.05) is 12.0 Å². The lowest BCUT2D eigenvalue weighted by Gasteiger charge is -2.10. The Morgan fingerprint density at radius 1 is 1.42 bits per heavy atom. The van der Waals surface area contributed by atoms with Crippen LogP contribution in [0.2, 0.25) is 0 Å². The van der Waals surface area contributed by atoms with Crippen LogP contribution in [0.4, 0.5) is 13.2 Å².